The van der Waals surface area contributed by atoms with Crippen LogP contribution in [0.5, 0.6) is 0 Å². The van der Waals surface area contributed by atoms with Crippen molar-refractivity contribution in [3.05, 3.63) is 12.2 Å². The van der Waals surface area contributed by atoms with Gasteiger partial charge in [0, 0.05) is 44.6 Å². The molecule has 8 heteroatoms. The van der Waals surface area contributed by atoms with Crippen molar-refractivity contribution in [1.82, 2.24) is 25.0 Å². The van der Waals surface area contributed by atoms with E-state index in [1.54, 1.807) is 11.0 Å². The zero-order chi connectivity index (χ0) is 16.6. The maximum Gasteiger partial charge on any atom is 0.194 e. The predicted octanol–water partition coefficient (Wildman–Crippen LogP) is 1.64. The Bertz CT molecular complexity index is 587. The molecule has 24 heavy (non-hydrogen) atoms. The van der Waals surface area contributed by atoms with Crippen LogP contribution in [0.4, 0.5) is 0 Å². The molecule has 0 spiro atoms. The Morgan fingerprint density at radius 3 is 2.92 bits per heavy atom. The van der Waals surface area contributed by atoms with Crippen LogP contribution in [0.3, 0.4) is 0 Å². The summed E-state index contributed by atoms with van der Waals surface area (Å²) in [5, 5.41) is 7.82. The molecule has 0 amide bonds. The van der Waals surface area contributed by atoms with Gasteiger partial charge in [-0.3, -0.25) is 9.67 Å². The fourth-order valence-electron chi connectivity index (χ4n) is 3.93. The highest BCUT2D eigenvalue weighted by Crippen LogP contribution is 2.52. The minimum Gasteiger partial charge on any atom is -0.377 e. The minimum atomic E-state index is 0. The fraction of sp³-hybridized carbons (Fsp3) is 0.812. The van der Waals surface area contributed by atoms with Crippen LogP contribution >= 0.6 is 24.0 Å². The maximum absolute atomic E-state index is 5.89. The molecule has 136 valence electrons. The van der Waals surface area contributed by atoms with Crippen LogP contribution in [-0.4, -0.2) is 58.0 Å². The summed E-state index contributed by atoms with van der Waals surface area (Å²) in [6.07, 6.45) is 3.10. The average molecular weight is 448 g/mol. The van der Waals surface area contributed by atoms with Crippen LogP contribution in [0.15, 0.2) is 11.3 Å². The van der Waals surface area contributed by atoms with Crippen LogP contribution in [0.2, 0.25) is 0 Å². The van der Waals surface area contributed by atoms with E-state index in [0.717, 1.165) is 31.4 Å². The molecule has 1 aliphatic carbocycles. The summed E-state index contributed by atoms with van der Waals surface area (Å²) in [5.74, 6) is 2.45. The van der Waals surface area contributed by atoms with Crippen LogP contribution in [0, 0.1) is 11.3 Å². The fourth-order valence-corrected chi connectivity index (χ4v) is 3.93. The van der Waals surface area contributed by atoms with E-state index < -0.39 is 0 Å². The molecule has 2 fully saturated rings. The van der Waals surface area contributed by atoms with Crippen LogP contribution < -0.4 is 5.32 Å². The summed E-state index contributed by atoms with van der Waals surface area (Å²) < 4.78 is 7.69. The first kappa shape index (κ1) is 19.4. The molecule has 3 unspecified atom stereocenters. The summed E-state index contributed by atoms with van der Waals surface area (Å²) in [5.41, 5.74) is 0.140. The normalized spacial score (nSPS) is 27.9. The topological polar surface area (TPSA) is 67.6 Å². The lowest BCUT2D eigenvalue weighted by atomic mass is 9.57. The van der Waals surface area contributed by atoms with E-state index in [9.17, 15) is 0 Å². The Hall–Kier alpha value is -0.900. The van der Waals surface area contributed by atoms with Gasteiger partial charge in [0.1, 0.15) is 12.2 Å². The number of rotatable bonds is 4. The number of guanidine groups is 1. The van der Waals surface area contributed by atoms with Crippen molar-refractivity contribution >= 4 is 29.9 Å². The molecular formula is C16H29IN6O. The molecule has 7 nitrogen and oxygen atoms in total. The van der Waals surface area contributed by atoms with E-state index in [1.807, 2.05) is 14.1 Å². The van der Waals surface area contributed by atoms with Crippen molar-refractivity contribution in [1.29, 1.82) is 0 Å². The summed E-state index contributed by atoms with van der Waals surface area (Å²) in [7, 11) is 3.96. The first-order chi connectivity index (χ1) is 10.9. The van der Waals surface area contributed by atoms with Crippen LogP contribution in [-0.2, 0) is 18.3 Å². The zero-order valence-corrected chi connectivity index (χ0v) is 17.5. The largest absolute Gasteiger partial charge is 0.377 e. The van der Waals surface area contributed by atoms with Crippen LogP contribution in [0.1, 0.15) is 33.0 Å². The first-order valence-electron chi connectivity index (χ1n) is 8.41. The van der Waals surface area contributed by atoms with Crippen molar-refractivity contribution in [3.8, 4) is 0 Å². The Balaban J connectivity index is 0.00000208. The van der Waals surface area contributed by atoms with E-state index in [4.69, 9.17) is 4.74 Å². The minimum absolute atomic E-state index is 0. The van der Waals surface area contributed by atoms with Gasteiger partial charge in [-0.05, 0) is 13.3 Å². The maximum atomic E-state index is 5.89. The molecule has 1 aromatic rings. The van der Waals surface area contributed by atoms with Crippen molar-refractivity contribution in [2.24, 2.45) is 23.4 Å². The van der Waals surface area contributed by atoms with E-state index in [2.05, 4.69) is 46.1 Å². The first-order valence-corrected chi connectivity index (χ1v) is 8.41. The van der Waals surface area contributed by atoms with Gasteiger partial charge in [-0.1, -0.05) is 13.8 Å². The monoisotopic (exact) mass is 448 g/mol. The van der Waals surface area contributed by atoms with E-state index in [-0.39, 0.29) is 29.4 Å². The molecule has 3 atom stereocenters. The second-order valence-electron chi connectivity index (χ2n) is 7.14. The van der Waals surface area contributed by atoms with Crippen molar-refractivity contribution in [2.75, 3.05) is 20.2 Å². The number of nitrogens with zero attached hydrogens (tertiary/aromatic N) is 5. The smallest absolute Gasteiger partial charge is 0.194 e. The van der Waals surface area contributed by atoms with E-state index >= 15 is 0 Å². The standard InChI is InChI=1S/C16H28N6O.HI/c1-6-17-15(21(4)9-12-18-10-19-22(12)5)20-13-11-7-8-23-14(11)16(13,2)3;/h10-11,13-14H,6-9H2,1-5H3,(H,17,20);1H. The number of nitrogens with one attached hydrogen (secondary N) is 1. The van der Waals surface area contributed by atoms with Gasteiger partial charge >= 0.3 is 0 Å². The predicted molar refractivity (Wildman–Crippen MR) is 104 cm³/mol. The average Bonchev–Trinajstić information content (AvgIpc) is 3.11. The number of aliphatic imine (C=N–C) groups is 1. The second kappa shape index (κ2) is 7.55. The molecule has 1 saturated heterocycles. The lowest BCUT2D eigenvalue weighted by molar-refractivity contribution is -0.107. The highest BCUT2D eigenvalue weighted by Gasteiger charge is 2.59. The van der Waals surface area contributed by atoms with Gasteiger partial charge < -0.3 is 15.0 Å². The van der Waals surface area contributed by atoms with Gasteiger partial charge in [0.25, 0.3) is 0 Å². The molecule has 0 radical (unpaired) electrons. The van der Waals surface area contributed by atoms with Gasteiger partial charge in [0.05, 0.1) is 12.6 Å². The quantitative estimate of drug-likeness (QED) is 0.431. The third-order valence-electron chi connectivity index (χ3n) is 5.24. The Morgan fingerprint density at radius 1 is 1.54 bits per heavy atom. The van der Waals surface area contributed by atoms with Gasteiger partial charge in [0.15, 0.2) is 5.96 Å². The summed E-state index contributed by atoms with van der Waals surface area (Å²) in [6, 6.07) is 0.405. The zero-order valence-electron chi connectivity index (χ0n) is 15.2. The van der Waals surface area contributed by atoms with Gasteiger partial charge in [0.2, 0.25) is 0 Å². The van der Waals surface area contributed by atoms with Gasteiger partial charge in [-0.2, -0.15) is 5.10 Å². The summed E-state index contributed by atoms with van der Waals surface area (Å²) in [4.78, 5) is 11.1. The highest BCUT2D eigenvalue weighted by molar-refractivity contribution is 14.0. The number of aryl methyl sites for hydroxylation is 1. The molecule has 0 aromatic carbocycles. The number of halogens is 1. The number of aromatic nitrogens is 3. The summed E-state index contributed by atoms with van der Waals surface area (Å²) >= 11 is 0. The lowest BCUT2D eigenvalue weighted by Gasteiger charge is -2.55. The molecule has 1 aromatic heterocycles. The molecule has 2 aliphatic rings. The molecule has 1 N–H and O–H groups in total. The molecule has 1 aliphatic heterocycles. The lowest BCUT2D eigenvalue weighted by Crippen LogP contribution is -2.68. The van der Waals surface area contributed by atoms with Crippen LogP contribution in [0.25, 0.3) is 0 Å². The molecule has 3 rings (SSSR count). The van der Waals surface area contributed by atoms with Crippen molar-refractivity contribution in [2.45, 2.75) is 45.9 Å². The van der Waals surface area contributed by atoms with Gasteiger partial charge in [-0.25, -0.2) is 4.98 Å². The third kappa shape index (κ3) is 3.40. The number of hydrogen-bond acceptors (Lipinski definition) is 4. The van der Waals surface area contributed by atoms with Crippen molar-refractivity contribution in [3.63, 3.8) is 0 Å². The van der Waals surface area contributed by atoms with E-state index in [0.29, 0.717) is 24.6 Å². The highest BCUT2D eigenvalue weighted by atomic mass is 127. The molecule has 0 bridgehead atoms. The Labute approximate surface area is 161 Å². The third-order valence-corrected chi connectivity index (χ3v) is 5.24. The Morgan fingerprint density at radius 2 is 2.29 bits per heavy atom. The SMILES string of the molecule is CCN=C(NC1C2CCOC2C1(C)C)N(C)Cc1ncnn1C.I. The Kier molecular flexibility index (Phi) is 6.11. The van der Waals surface area contributed by atoms with Crippen molar-refractivity contribution < 1.29 is 4.74 Å². The van der Waals surface area contributed by atoms with Gasteiger partial charge in [-0.15, -0.1) is 24.0 Å². The number of hydrogen-bond donors (Lipinski definition) is 1. The van der Waals surface area contributed by atoms with E-state index in [1.165, 1.54) is 0 Å². The molecule has 1 saturated carbocycles. The number of fused-ring (bicyclic) bond motifs is 1. The number of ether oxygens (including phenoxy) is 1. The molecular weight excluding hydrogens is 419 g/mol. The molecule has 2 heterocycles. The summed E-state index contributed by atoms with van der Waals surface area (Å²) in [6.45, 7) is 8.94. The second-order valence-corrected chi connectivity index (χ2v) is 7.14.